The van der Waals surface area contributed by atoms with Gasteiger partial charge in [-0.25, -0.2) is 4.79 Å². The molecule has 1 atom stereocenters. The highest BCUT2D eigenvalue weighted by Crippen LogP contribution is 2.18. The van der Waals surface area contributed by atoms with Crippen LogP contribution in [0.2, 0.25) is 0 Å². The molecule has 1 saturated heterocycles. The van der Waals surface area contributed by atoms with Gasteiger partial charge in [0, 0.05) is 18.1 Å². The number of aromatic nitrogens is 1. The Morgan fingerprint density at radius 1 is 1.36 bits per heavy atom. The van der Waals surface area contributed by atoms with Crippen LogP contribution in [0.3, 0.4) is 0 Å². The number of rotatable bonds is 4. The molecule has 2 aromatic rings. The Morgan fingerprint density at radius 3 is 2.76 bits per heavy atom. The maximum absolute atomic E-state index is 12.7. The Bertz CT molecular complexity index is 789. The molecule has 5 nitrogen and oxygen atoms in total. The summed E-state index contributed by atoms with van der Waals surface area (Å²) in [4.78, 5) is 24.8. The standard InChI is InChI=1S/C18H22N2O3.C2H6/c1-3-23-18(22)15-11-20(10-13-6-7-19-9-13)16-5-4-12(2)8-14(16)17(15)21;1-2/h4-5,8,11,13,19H,3,6-7,9-10H2,1-2H3;1-2H3. The van der Waals surface area contributed by atoms with E-state index in [1.165, 1.54) is 0 Å². The lowest BCUT2D eigenvalue weighted by Crippen LogP contribution is -2.23. The van der Waals surface area contributed by atoms with Crippen molar-refractivity contribution in [3.63, 3.8) is 0 Å². The van der Waals surface area contributed by atoms with Crippen molar-refractivity contribution < 1.29 is 9.53 Å². The molecule has 0 aliphatic carbocycles. The van der Waals surface area contributed by atoms with Crippen LogP contribution in [0, 0.1) is 12.8 Å². The fourth-order valence-electron chi connectivity index (χ4n) is 3.17. The number of esters is 1. The van der Waals surface area contributed by atoms with Crippen molar-refractivity contribution in [3.8, 4) is 0 Å². The molecule has 1 aliphatic heterocycles. The molecular formula is C20H28N2O3. The van der Waals surface area contributed by atoms with Crippen LogP contribution >= 0.6 is 0 Å². The van der Waals surface area contributed by atoms with Crippen LogP contribution in [0.4, 0.5) is 0 Å². The van der Waals surface area contributed by atoms with Crippen LogP contribution in [0.5, 0.6) is 0 Å². The third-order valence-corrected chi connectivity index (χ3v) is 4.35. The van der Waals surface area contributed by atoms with Crippen molar-refractivity contribution in [2.45, 2.75) is 40.7 Å². The zero-order valence-electron chi connectivity index (χ0n) is 15.6. The van der Waals surface area contributed by atoms with Gasteiger partial charge in [0.25, 0.3) is 0 Å². The summed E-state index contributed by atoms with van der Waals surface area (Å²) in [6, 6.07) is 5.81. The first-order valence-corrected chi connectivity index (χ1v) is 9.11. The number of ether oxygens (including phenoxy) is 1. The lowest BCUT2D eigenvalue weighted by atomic mass is 10.1. The van der Waals surface area contributed by atoms with Gasteiger partial charge in [-0.15, -0.1) is 0 Å². The average Bonchev–Trinajstić information content (AvgIpc) is 3.12. The van der Waals surface area contributed by atoms with E-state index in [1.54, 1.807) is 13.1 Å². The molecule has 0 radical (unpaired) electrons. The number of pyridine rings is 1. The zero-order chi connectivity index (χ0) is 18.4. The van der Waals surface area contributed by atoms with Gasteiger partial charge in [0.05, 0.1) is 12.1 Å². The van der Waals surface area contributed by atoms with Gasteiger partial charge >= 0.3 is 5.97 Å². The van der Waals surface area contributed by atoms with E-state index in [2.05, 4.69) is 5.32 Å². The minimum absolute atomic E-state index is 0.121. The van der Waals surface area contributed by atoms with Gasteiger partial charge in [0.15, 0.2) is 0 Å². The van der Waals surface area contributed by atoms with Gasteiger partial charge in [-0.3, -0.25) is 4.79 Å². The summed E-state index contributed by atoms with van der Waals surface area (Å²) in [5.41, 5.74) is 1.75. The molecule has 0 amide bonds. The number of hydrogen-bond donors (Lipinski definition) is 1. The number of fused-ring (bicyclic) bond motifs is 1. The fourth-order valence-corrected chi connectivity index (χ4v) is 3.17. The molecule has 1 unspecified atom stereocenters. The van der Waals surface area contributed by atoms with Crippen LogP contribution in [-0.2, 0) is 11.3 Å². The summed E-state index contributed by atoms with van der Waals surface area (Å²) in [6.07, 6.45) is 2.77. The van der Waals surface area contributed by atoms with Crippen LogP contribution < -0.4 is 10.7 Å². The minimum atomic E-state index is -0.542. The lowest BCUT2D eigenvalue weighted by Gasteiger charge is -2.16. The molecule has 2 heterocycles. The zero-order valence-corrected chi connectivity index (χ0v) is 15.6. The van der Waals surface area contributed by atoms with E-state index in [9.17, 15) is 9.59 Å². The van der Waals surface area contributed by atoms with Crippen molar-refractivity contribution in [3.05, 3.63) is 45.7 Å². The molecule has 0 saturated carbocycles. The van der Waals surface area contributed by atoms with Gasteiger partial charge in [0.1, 0.15) is 5.56 Å². The highest BCUT2D eigenvalue weighted by Gasteiger charge is 2.20. The Morgan fingerprint density at radius 2 is 2.12 bits per heavy atom. The minimum Gasteiger partial charge on any atom is -0.462 e. The molecule has 1 aromatic carbocycles. The molecule has 1 aliphatic rings. The molecule has 1 fully saturated rings. The average molecular weight is 344 g/mol. The third-order valence-electron chi connectivity index (χ3n) is 4.35. The van der Waals surface area contributed by atoms with Crippen LogP contribution in [0.25, 0.3) is 10.9 Å². The summed E-state index contributed by atoms with van der Waals surface area (Å²) in [7, 11) is 0. The Kier molecular flexibility index (Phi) is 6.76. The van der Waals surface area contributed by atoms with Crippen molar-refractivity contribution >= 4 is 16.9 Å². The van der Waals surface area contributed by atoms with Crippen molar-refractivity contribution in [2.75, 3.05) is 19.7 Å². The van der Waals surface area contributed by atoms with E-state index in [0.29, 0.717) is 11.3 Å². The summed E-state index contributed by atoms with van der Waals surface area (Å²) in [5, 5.41) is 3.94. The number of nitrogens with one attached hydrogen (secondary N) is 1. The predicted octanol–water partition coefficient (Wildman–Crippen LogP) is 3.12. The number of benzene rings is 1. The number of aryl methyl sites for hydroxylation is 1. The number of hydrogen-bond acceptors (Lipinski definition) is 4. The molecule has 0 spiro atoms. The number of nitrogens with zero attached hydrogens (tertiary/aromatic N) is 1. The largest absolute Gasteiger partial charge is 0.462 e. The maximum Gasteiger partial charge on any atom is 0.343 e. The molecule has 25 heavy (non-hydrogen) atoms. The maximum atomic E-state index is 12.7. The summed E-state index contributed by atoms with van der Waals surface area (Å²) in [6.45, 7) is 10.7. The highest BCUT2D eigenvalue weighted by molar-refractivity contribution is 5.93. The monoisotopic (exact) mass is 344 g/mol. The molecular weight excluding hydrogens is 316 g/mol. The topological polar surface area (TPSA) is 60.3 Å². The van der Waals surface area contributed by atoms with Crippen LogP contribution in [0.1, 0.15) is 43.1 Å². The van der Waals surface area contributed by atoms with Crippen molar-refractivity contribution in [2.24, 2.45) is 5.92 Å². The number of carbonyl (C=O) groups excluding carboxylic acids is 1. The quantitative estimate of drug-likeness (QED) is 0.866. The van der Waals surface area contributed by atoms with E-state index in [1.807, 2.05) is 43.5 Å². The smallest absolute Gasteiger partial charge is 0.343 e. The SMILES string of the molecule is CC.CCOC(=O)c1cn(CC2CCNC2)c2ccc(C)cc2c1=O. The van der Waals surface area contributed by atoms with Crippen LogP contribution in [-0.4, -0.2) is 30.2 Å². The third kappa shape index (κ3) is 4.28. The van der Waals surface area contributed by atoms with E-state index in [4.69, 9.17) is 4.74 Å². The lowest BCUT2D eigenvalue weighted by molar-refractivity contribution is 0.0524. The van der Waals surface area contributed by atoms with E-state index in [-0.39, 0.29) is 17.6 Å². The second-order valence-corrected chi connectivity index (χ2v) is 6.12. The second kappa shape index (κ2) is 8.81. The predicted molar refractivity (Wildman–Crippen MR) is 101 cm³/mol. The van der Waals surface area contributed by atoms with E-state index in [0.717, 1.165) is 37.1 Å². The van der Waals surface area contributed by atoms with E-state index >= 15 is 0 Å². The van der Waals surface area contributed by atoms with Gasteiger partial charge in [-0.1, -0.05) is 25.5 Å². The molecule has 136 valence electrons. The van der Waals surface area contributed by atoms with Gasteiger partial charge in [-0.2, -0.15) is 0 Å². The van der Waals surface area contributed by atoms with Crippen molar-refractivity contribution in [1.82, 2.24) is 9.88 Å². The summed E-state index contributed by atoms with van der Waals surface area (Å²) >= 11 is 0. The van der Waals surface area contributed by atoms with Gasteiger partial charge in [-0.05, 0) is 51.4 Å². The molecule has 3 rings (SSSR count). The molecule has 5 heteroatoms. The second-order valence-electron chi connectivity index (χ2n) is 6.12. The van der Waals surface area contributed by atoms with E-state index < -0.39 is 5.97 Å². The first-order valence-electron chi connectivity index (χ1n) is 9.11. The fraction of sp³-hybridized carbons (Fsp3) is 0.500. The highest BCUT2D eigenvalue weighted by atomic mass is 16.5. The summed E-state index contributed by atoms with van der Waals surface area (Å²) < 4.78 is 7.08. The number of carbonyl (C=O) groups is 1. The van der Waals surface area contributed by atoms with Crippen LogP contribution in [0.15, 0.2) is 29.2 Å². The Hall–Kier alpha value is -2.14. The Balaban J connectivity index is 0.00000109. The first kappa shape index (κ1) is 19.2. The first-order chi connectivity index (χ1) is 12.1. The Labute approximate surface area is 149 Å². The van der Waals surface area contributed by atoms with Crippen molar-refractivity contribution in [1.29, 1.82) is 0 Å². The molecule has 0 bridgehead atoms. The van der Waals surface area contributed by atoms with Gasteiger partial charge in [0.2, 0.25) is 5.43 Å². The summed E-state index contributed by atoms with van der Waals surface area (Å²) in [5.74, 6) is -0.0312. The molecule has 1 aromatic heterocycles. The normalized spacial score (nSPS) is 16.4. The van der Waals surface area contributed by atoms with Gasteiger partial charge < -0.3 is 14.6 Å². The molecule has 1 N–H and O–H groups in total.